The molecular weight excluding hydrogens is 412 g/mol. The molecule has 4 rings (SSSR count). The standard InChI is InChI=1S/C23H38BFN3O4/c1-24-7-3-11-32-22(30)27-10-6-23(16-27)13-19(14-23)26-8-4-18(5-9-26)28-15-17(25)12-20(28)21(29)31-2/h17-20H,3-16H2,1-2H3/t17-,19?,20-,23?/m1/s1. The van der Waals surface area contributed by atoms with Gasteiger partial charge in [-0.15, -0.1) is 0 Å². The van der Waals surface area contributed by atoms with Crippen molar-refractivity contribution >= 4 is 19.3 Å². The maximum atomic E-state index is 14.0. The highest BCUT2D eigenvalue weighted by molar-refractivity contribution is 6.33. The number of piperidine rings is 1. The molecule has 2 atom stereocenters. The van der Waals surface area contributed by atoms with Crippen LogP contribution in [0.1, 0.15) is 44.9 Å². The molecule has 0 aromatic heterocycles. The molecule has 1 radical (unpaired) electrons. The van der Waals surface area contributed by atoms with Crippen molar-refractivity contribution in [2.45, 2.75) is 82.4 Å². The van der Waals surface area contributed by atoms with Crippen LogP contribution in [0.25, 0.3) is 0 Å². The van der Waals surface area contributed by atoms with Gasteiger partial charge in [-0.25, -0.2) is 9.18 Å². The number of esters is 1. The number of likely N-dealkylation sites (tertiary alicyclic amines) is 3. The first-order valence-electron chi connectivity index (χ1n) is 12.4. The molecule has 9 heteroatoms. The first-order valence-corrected chi connectivity index (χ1v) is 12.4. The predicted octanol–water partition coefficient (Wildman–Crippen LogP) is 2.59. The van der Waals surface area contributed by atoms with E-state index >= 15 is 0 Å². The quantitative estimate of drug-likeness (QED) is 0.338. The summed E-state index contributed by atoms with van der Waals surface area (Å²) in [5.74, 6) is -0.304. The van der Waals surface area contributed by atoms with Gasteiger partial charge in [-0.2, -0.15) is 0 Å². The molecule has 3 aliphatic heterocycles. The number of hydrogen-bond donors (Lipinski definition) is 0. The third-order valence-corrected chi connectivity index (χ3v) is 8.14. The zero-order chi connectivity index (χ0) is 22.7. The Morgan fingerprint density at radius 3 is 2.59 bits per heavy atom. The second-order valence-corrected chi connectivity index (χ2v) is 10.2. The molecule has 4 fully saturated rings. The summed E-state index contributed by atoms with van der Waals surface area (Å²) in [5.41, 5.74) is 0.268. The van der Waals surface area contributed by atoms with E-state index in [9.17, 15) is 14.0 Å². The molecule has 32 heavy (non-hydrogen) atoms. The van der Waals surface area contributed by atoms with Crippen LogP contribution in [-0.4, -0.2) is 105 Å². The number of carbonyl (C=O) groups excluding carboxylic acids is 2. The lowest BCUT2D eigenvalue weighted by Crippen LogP contribution is -2.56. The van der Waals surface area contributed by atoms with E-state index in [1.807, 2.05) is 11.7 Å². The maximum absolute atomic E-state index is 14.0. The van der Waals surface area contributed by atoms with Crippen molar-refractivity contribution in [3.05, 3.63) is 0 Å². The second-order valence-electron chi connectivity index (χ2n) is 10.2. The van der Waals surface area contributed by atoms with E-state index in [1.165, 1.54) is 7.11 Å². The summed E-state index contributed by atoms with van der Waals surface area (Å²) >= 11 is 0. The largest absolute Gasteiger partial charge is 0.468 e. The van der Waals surface area contributed by atoms with Gasteiger partial charge in [0.2, 0.25) is 0 Å². The molecule has 7 nitrogen and oxygen atoms in total. The van der Waals surface area contributed by atoms with Gasteiger partial charge in [-0.1, -0.05) is 13.1 Å². The molecule has 1 aliphatic carbocycles. The zero-order valence-corrected chi connectivity index (χ0v) is 19.6. The molecule has 0 N–H and O–H groups in total. The van der Waals surface area contributed by atoms with Crippen LogP contribution >= 0.6 is 0 Å². The predicted molar refractivity (Wildman–Crippen MR) is 121 cm³/mol. The zero-order valence-electron chi connectivity index (χ0n) is 19.6. The molecule has 1 amide bonds. The molecule has 4 aliphatic rings. The molecule has 3 saturated heterocycles. The van der Waals surface area contributed by atoms with Gasteiger partial charge in [0.05, 0.1) is 13.7 Å². The summed E-state index contributed by atoms with van der Waals surface area (Å²) in [7, 11) is 3.48. The minimum absolute atomic E-state index is 0.154. The number of rotatable bonds is 7. The van der Waals surface area contributed by atoms with Crippen molar-refractivity contribution in [1.82, 2.24) is 14.7 Å². The Bertz CT molecular complexity index is 670. The smallest absolute Gasteiger partial charge is 0.409 e. The fraction of sp³-hybridized carbons (Fsp3) is 0.913. The lowest BCUT2D eigenvalue weighted by molar-refractivity contribution is -0.147. The molecule has 3 heterocycles. The topological polar surface area (TPSA) is 62.3 Å². The minimum atomic E-state index is -0.939. The molecule has 0 aromatic carbocycles. The summed E-state index contributed by atoms with van der Waals surface area (Å²) < 4.78 is 24.3. The van der Waals surface area contributed by atoms with Crippen LogP contribution in [-0.2, 0) is 14.3 Å². The third kappa shape index (κ3) is 5.08. The second kappa shape index (κ2) is 10.3. The number of hydrogen-bond acceptors (Lipinski definition) is 6. The summed E-state index contributed by atoms with van der Waals surface area (Å²) in [5, 5.41) is 0. The first kappa shape index (κ1) is 23.8. The van der Waals surface area contributed by atoms with Crippen molar-refractivity contribution in [2.75, 3.05) is 46.4 Å². The van der Waals surface area contributed by atoms with Crippen LogP contribution in [0.2, 0.25) is 13.1 Å². The van der Waals surface area contributed by atoms with Crippen molar-refractivity contribution in [3.8, 4) is 0 Å². The number of nitrogens with zero attached hydrogens (tertiary/aromatic N) is 3. The van der Waals surface area contributed by atoms with E-state index in [0.717, 1.165) is 71.0 Å². The lowest BCUT2D eigenvalue weighted by Gasteiger charge is -2.52. The summed E-state index contributed by atoms with van der Waals surface area (Å²) in [6.07, 6.45) is 6.34. The van der Waals surface area contributed by atoms with Gasteiger partial charge in [0.25, 0.3) is 0 Å². The average molecular weight is 450 g/mol. The fourth-order valence-corrected chi connectivity index (χ4v) is 6.32. The number of alkyl halides is 1. The van der Waals surface area contributed by atoms with Crippen LogP contribution in [0.5, 0.6) is 0 Å². The van der Waals surface area contributed by atoms with Gasteiger partial charge >= 0.3 is 12.1 Å². The Hall–Kier alpha value is -1.35. The van der Waals surface area contributed by atoms with Gasteiger partial charge in [0, 0.05) is 38.1 Å². The number of methoxy groups -OCH3 is 1. The molecule has 0 unspecified atom stereocenters. The third-order valence-electron chi connectivity index (χ3n) is 8.14. The maximum Gasteiger partial charge on any atom is 0.409 e. The number of halogens is 1. The number of carbonyl (C=O) groups is 2. The Morgan fingerprint density at radius 1 is 1.16 bits per heavy atom. The van der Waals surface area contributed by atoms with E-state index in [-0.39, 0.29) is 29.9 Å². The average Bonchev–Trinajstić information content (AvgIpc) is 3.40. The fourth-order valence-electron chi connectivity index (χ4n) is 6.32. The van der Waals surface area contributed by atoms with Crippen LogP contribution < -0.4 is 0 Å². The van der Waals surface area contributed by atoms with E-state index in [1.54, 1.807) is 0 Å². The van der Waals surface area contributed by atoms with Crippen LogP contribution in [0.3, 0.4) is 0 Å². The van der Waals surface area contributed by atoms with Gasteiger partial charge in [-0.05, 0) is 57.0 Å². The Balaban J connectivity index is 1.19. The molecule has 1 saturated carbocycles. The highest BCUT2D eigenvalue weighted by Crippen LogP contribution is 2.50. The lowest BCUT2D eigenvalue weighted by atomic mass is 9.64. The molecule has 0 bridgehead atoms. The van der Waals surface area contributed by atoms with Gasteiger partial charge < -0.3 is 19.3 Å². The molecule has 1 spiro atoms. The summed E-state index contributed by atoms with van der Waals surface area (Å²) in [6.45, 7) is 6.49. The van der Waals surface area contributed by atoms with E-state index in [4.69, 9.17) is 9.47 Å². The highest BCUT2D eigenvalue weighted by Gasteiger charge is 2.52. The molecule has 0 aromatic rings. The van der Waals surface area contributed by atoms with Crippen LogP contribution in [0.15, 0.2) is 0 Å². The highest BCUT2D eigenvalue weighted by atomic mass is 19.1. The Morgan fingerprint density at radius 2 is 1.91 bits per heavy atom. The Kier molecular flexibility index (Phi) is 7.65. The van der Waals surface area contributed by atoms with E-state index in [2.05, 4.69) is 17.1 Å². The summed E-state index contributed by atoms with van der Waals surface area (Å²) in [4.78, 5) is 30.9. The monoisotopic (exact) mass is 450 g/mol. The van der Waals surface area contributed by atoms with Crippen molar-refractivity contribution in [2.24, 2.45) is 5.41 Å². The SMILES string of the molecule is C[B]CCCOC(=O)N1CCC2(CC(N3CCC(N4C[C@H](F)C[C@@H]4C(=O)OC)CC3)C2)C1. The number of ether oxygens (including phenoxy) is 2. The summed E-state index contributed by atoms with van der Waals surface area (Å²) in [6, 6.07) is 0.408. The van der Waals surface area contributed by atoms with Gasteiger partial charge in [0.15, 0.2) is 0 Å². The van der Waals surface area contributed by atoms with E-state index < -0.39 is 12.2 Å². The van der Waals surface area contributed by atoms with Gasteiger partial charge in [-0.3, -0.25) is 9.69 Å². The molecule has 179 valence electrons. The van der Waals surface area contributed by atoms with E-state index in [0.29, 0.717) is 19.2 Å². The van der Waals surface area contributed by atoms with Crippen LogP contribution in [0.4, 0.5) is 9.18 Å². The Labute approximate surface area is 192 Å². The van der Waals surface area contributed by atoms with Gasteiger partial charge in [0.1, 0.15) is 19.5 Å². The molecular formula is C23H38BFN3O4. The van der Waals surface area contributed by atoms with Crippen molar-refractivity contribution < 1.29 is 23.5 Å². The van der Waals surface area contributed by atoms with Crippen LogP contribution in [0, 0.1) is 5.41 Å². The minimum Gasteiger partial charge on any atom is -0.468 e. The number of amides is 1. The van der Waals surface area contributed by atoms with Crippen molar-refractivity contribution in [1.29, 1.82) is 0 Å². The van der Waals surface area contributed by atoms with Crippen molar-refractivity contribution in [3.63, 3.8) is 0 Å². The normalized spacial score (nSPS) is 34.0. The first-order chi connectivity index (χ1) is 15.4.